The van der Waals surface area contributed by atoms with E-state index in [1.807, 2.05) is 43.3 Å². The first kappa shape index (κ1) is 22.1. The predicted molar refractivity (Wildman–Crippen MR) is 126 cm³/mol. The molecule has 3 aromatic rings. The first-order chi connectivity index (χ1) is 16.0. The Morgan fingerprint density at radius 1 is 0.970 bits per heavy atom. The minimum absolute atomic E-state index is 0.141. The lowest BCUT2D eigenvalue weighted by Crippen LogP contribution is -2.37. The predicted octanol–water partition coefficient (Wildman–Crippen LogP) is 4.37. The average molecular weight is 444 g/mol. The van der Waals surface area contributed by atoms with Crippen molar-refractivity contribution in [2.24, 2.45) is 0 Å². The number of imide groups is 1. The van der Waals surface area contributed by atoms with Gasteiger partial charge in [-0.05, 0) is 54.4 Å². The fourth-order valence-electron chi connectivity index (χ4n) is 3.86. The van der Waals surface area contributed by atoms with Crippen molar-refractivity contribution >= 4 is 29.2 Å². The highest BCUT2D eigenvalue weighted by Gasteiger charge is 2.46. The number of carbonyl (C=O) groups excluding carboxylic acids is 3. The van der Waals surface area contributed by atoms with Crippen LogP contribution in [0.15, 0.2) is 78.9 Å². The number of amides is 4. The summed E-state index contributed by atoms with van der Waals surface area (Å²) in [7, 11) is 1.58. The van der Waals surface area contributed by atoms with Crippen LogP contribution >= 0.6 is 0 Å². The SMILES string of the molecule is COc1ccc(CN2C(=O)N(c3cccc(C)c3)C(=O)C2CC(=O)Nc2ccccc2)cc1. The van der Waals surface area contributed by atoms with Crippen molar-refractivity contribution in [1.82, 2.24) is 4.90 Å². The number of anilines is 2. The van der Waals surface area contributed by atoms with Crippen LogP contribution in [0.5, 0.6) is 5.75 Å². The van der Waals surface area contributed by atoms with E-state index in [1.165, 1.54) is 4.90 Å². The van der Waals surface area contributed by atoms with Crippen molar-refractivity contribution in [3.05, 3.63) is 90.0 Å². The van der Waals surface area contributed by atoms with Crippen LogP contribution in [0.25, 0.3) is 0 Å². The van der Waals surface area contributed by atoms with E-state index < -0.39 is 18.0 Å². The molecular weight excluding hydrogens is 418 g/mol. The molecule has 0 saturated carbocycles. The van der Waals surface area contributed by atoms with Gasteiger partial charge < -0.3 is 15.0 Å². The van der Waals surface area contributed by atoms with Crippen LogP contribution in [0.2, 0.25) is 0 Å². The molecule has 3 aromatic carbocycles. The smallest absolute Gasteiger partial charge is 0.332 e. The van der Waals surface area contributed by atoms with E-state index in [2.05, 4.69) is 5.32 Å². The molecule has 1 atom stereocenters. The standard InChI is InChI=1S/C26H25N3O4/c1-18-7-6-10-21(15-18)29-25(31)23(16-24(30)27-20-8-4-3-5-9-20)28(26(29)32)17-19-11-13-22(33-2)14-12-19/h3-15,23H,16-17H2,1-2H3,(H,27,30). The lowest BCUT2D eigenvalue weighted by Gasteiger charge is -2.22. The maximum atomic E-state index is 13.4. The molecule has 1 fully saturated rings. The zero-order valence-corrected chi connectivity index (χ0v) is 18.5. The molecule has 0 radical (unpaired) electrons. The van der Waals surface area contributed by atoms with Crippen LogP contribution in [0, 0.1) is 6.92 Å². The second-order valence-electron chi connectivity index (χ2n) is 7.91. The van der Waals surface area contributed by atoms with Crippen molar-refractivity contribution in [2.75, 3.05) is 17.3 Å². The van der Waals surface area contributed by atoms with Gasteiger partial charge in [-0.3, -0.25) is 9.59 Å². The Balaban J connectivity index is 1.61. The molecule has 1 aliphatic heterocycles. The number of aryl methyl sites for hydroxylation is 1. The van der Waals surface area contributed by atoms with E-state index >= 15 is 0 Å². The van der Waals surface area contributed by atoms with Gasteiger partial charge in [-0.15, -0.1) is 0 Å². The Labute approximate surface area is 192 Å². The first-order valence-electron chi connectivity index (χ1n) is 10.7. The van der Waals surface area contributed by atoms with E-state index in [-0.39, 0.29) is 18.9 Å². The monoisotopic (exact) mass is 443 g/mol. The third-order valence-corrected chi connectivity index (χ3v) is 5.53. The van der Waals surface area contributed by atoms with Crippen molar-refractivity contribution in [1.29, 1.82) is 0 Å². The molecule has 7 nitrogen and oxygen atoms in total. The molecule has 168 valence electrons. The summed E-state index contributed by atoms with van der Waals surface area (Å²) < 4.78 is 5.20. The fourth-order valence-corrected chi connectivity index (χ4v) is 3.86. The molecule has 0 bridgehead atoms. The van der Waals surface area contributed by atoms with E-state index in [0.717, 1.165) is 16.0 Å². The summed E-state index contributed by atoms with van der Waals surface area (Å²) in [5, 5.41) is 2.80. The van der Waals surface area contributed by atoms with E-state index in [4.69, 9.17) is 4.74 Å². The van der Waals surface area contributed by atoms with Crippen molar-refractivity contribution in [3.63, 3.8) is 0 Å². The quantitative estimate of drug-likeness (QED) is 0.550. The largest absolute Gasteiger partial charge is 0.497 e. The highest BCUT2D eigenvalue weighted by atomic mass is 16.5. The van der Waals surface area contributed by atoms with Gasteiger partial charge in [0.2, 0.25) is 5.91 Å². The number of hydrogen-bond donors (Lipinski definition) is 1. The Morgan fingerprint density at radius 2 is 1.70 bits per heavy atom. The fraction of sp³-hybridized carbons (Fsp3) is 0.192. The number of carbonyl (C=O) groups is 3. The van der Waals surface area contributed by atoms with E-state index in [1.54, 1.807) is 49.6 Å². The minimum atomic E-state index is -0.913. The number of para-hydroxylation sites is 1. The van der Waals surface area contributed by atoms with Crippen LogP contribution < -0.4 is 15.0 Å². The number of ether oxygens (including phenoxy) is 1. The van der Waals surface area contributed by atoms with Gasteiger partial charge in [0.15, 0.2) is 0 Å². The molecule has 1 heterocycles. The number of urea groups is 1. The van der Waals surface area contributed by atoms with Gasteiger partial charge >= 0.3 is 6.03 Å². The summed E-state index contributed by atoms with van der Waals surface area (Å²) in [4.78, 5) is 42.1. The number of hydrogen-bond acceptors (Lipinski definition) is 4. The van der Waals surface area contributed by atoms with Gasteiger partial charge in [0.1, 0.15) is 11.8 Å². The molecule has 0 aliphatic carbocycles. The summed E-state index contributed by atoms with van der Waals surface area (Å²) in [5.74, 6) is -0.0525. The van der Waals surface area contributed by atoms with E-state index in [9.17, 15) is 14.4 Å². The third kappa shape index (κ3) is 4.87. The normalized spacial score (nSPS) is 15.6. The van der Waals surface area contributed by atoms with Gasteiger partial charge in [-0.2, -0.15) is 0 Å². The van der Waals surface area contributed by atoms with Gasteiger partial charge in [-0.1, -0.05) is 42.5 Å². The highest BCUT2D eigenvalue weighted by molar-refractivity contribution is 6.22. The van der Waals surface area contributed by atoms with Crippen LogP contribution in [0.4, 0.5) is 16.2 Å². The summed E-state index contributed by atoms with van der Waals surface area (Å²) in [5.41, 5.74) is 2.89. The maximum Gasteiger partial charge on any atom is 0.332 e. The topological polar surface area (TPSA) is 79.0 Å². The second-order valence-corrected chi connectivity index (χ2v) is 7.91. The average Bonchev–Trinajstić information content (AvgIpc) is 3.04. The Hall–Kier alpha value is -4.13. The van der Waals surface area contributed by atoms with Crippen LogP contribution in [0.1, 0.15) is 17.5 Å². The van der Waals surface area contributed by atoms with Gasteiger partial charge in [-0.25, -0.2) is 9.69 Å². The Kier molecular flexibility index (Phi) is 6.40. The number of nitrogens with one attached hydrogen (secondary N) is 1. The van der Waals surface area contributed by atoms with Gasteiger partial charge in [0, 0.05) is 12.2 Å². The van der Waals surface area contributed by atoms with Gasteiger partial charge in [0.05, 0.1) is 19.2 Å². The lowest BCUT2D eigenvalue weighted by molar-refractivity contribution is -0.124. The molecule has 7 heteroatoms. The molecule has 4 rings (SSSR count). The number of rotatable bonds is 7. The van der Waals surface area contributed by atoms with Gasteiger partial charge in [0.25, 0.3) is 5.91 Å². The van der Waals surface area contributed by atoms with Crippen molar-refractivity contribution < 1.29 is 19.1 Å². The summed E-state index contributed by atoms with van der Waals surface area (Å²) in [6.45, 7) is 2.09. The maximum absolute atomic E-state index is 13.4. The summed E-state index contributed by atoms with van der Waals surface area (Å²) in [6.07, 6.45) is -0.141. The molecule has 4 amide bonds. The molecule has 1 N–H and O–H groups in total. The van der Waals surface area contributed by atoms with Crippen LogP contribution in [-0.2, 0) is 16.1 Å². The number of benzene rings is 3. The van der Waals surface area contributed by atoms with Crippen molar-refractivity contribution in [2.45, 2.75) is 25.9 Å². The molecule has 1 saturated heterocycles. The molecule has 33 heavy (non-hydrogen) atoms. The zero-order valence-electron chi connectivity index (χ0n) is 18.5. The second kappa shape index (κ2) is 9.56. The lowest BCUT2D eigenvalue weighted by atomic mass is 10.1. The summed E-state index contributed by atoms with van der Waals surface area (Å²) in [6, 6.07) is 22.2. The van der Waals surface area contributed by atoms with Crippen molar-refractivity contribution in [3.8, 4) is 5.75 Å². The van der Waals surface area contributed by atoms with E-state index in [0.29, 0.717) is 17.1 Å². The number of methoxy groups -OCH3 is 1. The molecule has 0 spiro atoms. The molecular formula is C26H25N3O4. The highest BCUT2D eigenvalue weighted by Crippen LogP contribution is 2.29. The molecule has 1 unspecified atom stereocenters. The third-order valence-electron chi connectivity index (χ3n) is 5.53. The Morgan fingerprint density at radius 3 is 2.36 bits per heavy atom. The zero-order chi connectivity index (χ0) is 23.4. The first-order valence-corrected chi connectivity index (χ1v) is 10.7. The summed E-state index contributed by atoms with van der Waals surface area (Å²) >= 11 is 0. The number of nitrogens with zero attached hydrogens (tertiary/aromatic N) is 2. The molecule has 1 aliphatic rings. The minimum Gasteiger partial charge on any atom is -0.497 e. The molecule has 0 aromatic heterocycles. The van der Waals surface area contributed by atoms with Crippen LogP contribution in [-0.4, -0.2) is 35.9 Å². The van der Waals surface area contributed by atoms with Crippen LogP contribution in [0.3, 0.4) is 0 Å². The Bertz CT molecular complexity index is 1160.